The lowest BCUT2D eigenvalue weighted by Crippen LogP contribution is -2.50. The number of amides is 1. The average Bonchev–Trinajstić information content (AvgIpc) is 3.16. The van der Waals surface area contributed by atoms with Crippen molar-refractivity contribution in [2.24, 2.45) is 0 Å². The summed E-state index contributed by atoms with van der Waals surface area (Å²) in [6.07, 6.45) is 4.83. The van der Waals surface area contributed by atoms with Crippen molar-refractivity contribution < 1.29 is 9.53 Å². The summed E-state index contributed by atoms with van der Waals surface area (Å²) >= 11 is 0. The summed E-state index contributed by atoms with van der Waals surface area (Å²) < 4.78 is 5.61. The Morgan fingerprint density at radius 2 is 1.96 bits per heavy atom. The van der Waals surface area contributed by atoms with Crippen molar-refractivity contribution in [3.8, 4) is 16.9 Å². The Morgan fingerprint density at radius 1 is 1.14 bits per heavy atom. The van der Waals surface area contributed by atoms with Crippen LogP contribution < -0.4 is 15.0 Å². The summed E-state index contributed by atoms with van der Waals surface area (Å²) in [6, 6.07) is 8.79. The van der Waals surface area contributed by atoms with E-state index in [0.29, 0.717) is 6.54 Å². The molecule has 2 aliphatic rings. The van der Waals surface area contributed by atoms with Gasteiger partial charge < -0.3 is 15.0 Å². The van der Waals surface area contributed by atoms with Gasteiger partial charge in [-0.2, -0.15) is 0 Å². The number of fused-ring (bicyclic) bond motifs is 1. The first-order chi connectivity index (χ1) is 13.6. The number of aromatic nitrogens is 1. The number of benzene rings is 1. The van der Waals surface area contributed by atoms with E-state index in [4.69, 9.17) is 4.74 Å². The van der Waals surface area contributed by atoms with Gasteiger partial charge in [0, 0.05) is 50.4 Å². The van der Waals surface area contributed by atoms with Crippen LogP contribution in [-0.4, -0.2) is 61.2 Å². The molecule has 2 aliphatic heterocycles. The molecule has 1 aromatic heterocycles. The van der Waals surface area contributed by atoms with Gasteiger partial charge in [-0.3, -0.25) is 14.7 Å². The quantitative estimate of drug-likeness (QED) is 0.863. The number of anilines is 1. The normalized spacial score (nSPS) is 16.8. The summed E-state index contributed by atoms with van der Waals surface area (Å²) in [7, 11) is 0. The number of pyridine rings is 1. The molecular weight excluding hydrogens is 352 g/mol. The van der Waals surface area contributed by atoms with Crippen molar-refractivity contribution >= 4 is 11.6 Å². The fraction of sp³-hybridized carbons (Fsp3) is 0.455. The fourth-order valence-electron chi connectivity index (χ4n) is 3.86. The molecule has 1 aromatic carbocycles. The maximum absolute atomic E-state index is 12.0. The molecule has 148 valence electrons. The van der Waals surface area contributed by atoms with Crippen LogP contribution in [0.25, 0.3) is 11.1 Å². The number of nitrogens with one attached hydrogen (secondary N) is 1. The number of ether oxygens (including phenoxy) is 1. The lowest BCUT2D eigenvalue weighted by atomic mass is 10.0. The van der Waals surface area contributed by atoms with Crippen molar-refractivity contribution in [2.45, 2.75) is 26.3 Å². The molecule has 1 saturated heterocycles. The summed E-state index contributed by atoms with van der Waals surface area (Å²) in [5.41, 5.74) is 4.73. The van der Waals surface area contributed by atoms with Gasteiger partial charge in [-0.1, -0.05) is 6.07 Å². The monoisotopic (exact) mass is 380 g/mol. The molecule has 1 amide bonds. The van der Waals surface area contributed by atoms with Crippen molar-refractivity contribution in [2.75, 3.05) is 44.2 Å². The summed E-state index contributed by atoms with van der Waals surface area (Å²) in [5.74, 6) is 1.11. The fourth-order valence-corrected chi connectivity index (χ4v) is 3.86. The van der Waals surface area contributed by atoms with Crippen LogP contribution in [0.4, 0.5) is 5.69 Å². The lowest BCUT2D eigenvalue weighted by molar-refractivity contribution is -0.122. The second kappa shape index (κ2) is 8.19. The smallest absolute Gasteiger partial charge is 0.234 e. The van der Waals surface area contributed by atoms with E-state index in [9.17, 15) is 4.79 Å². The maximum Gasteiger partial charge on any atom is 0.234 e. The number of piperazine rings is 1. The van der Waals surface area contributed by atoms with Gasteiger partial charge in [0.2, 0.25) is 5.91 Å². The molecule has 4 rings (SSSR count). The minimum atomic E-state index is 0.104. The molecule has 3 heterocycles. The molecule has 1 fully saturated rings. The Hall–Kier alpha value is -2.60. The van der Waals surface area contributed by atoms with Gasteiger partial charge in [-0.15, -0.1) is 0 Å². The Morgan fingerprint density at radius 3 is 2.75 bits per heavy atom. The van der Waals surface area contributed by atoms with E-state index < -0.39 is 0 Å². The van der Waals surface area contributed by atoms with E-state index in [1.54, 1.807) is 0 Å². The van der Waals surface area contributed by atoms with Gasteiger partial charge in [0.15, 0.2) is 0 Å². The maximum atomic E-state index is 12.0. The highest BCUT2D eigenvalue weighted by Gasteiger charge is 2.20. The van der Waals surface area contributed by atoms with Crippen LogP contribution in [0.15, 0.2) is 36.7 Å². The third-order valence-corrected chi connectivity index (χ3v) is 5.30. The minimum absolute atomic E-state index is 0.104. The first-order valence-corrected chi connectivity index (χ1v) is 10.1. The number of carbonyl (C=O) groups excluding carboxylic acids is 1. The largest absolute Gasteiger partial charge is 0.493 e. The van der Waals surface area contributed by atoms with Crippen LogP contribution in [0.5, 0.6) is 5.75 Å². The molecule has 0 spiro atoms. The van der Waals surface area contributed by atoms with Gasteiger partial charge in [0.25, 0.3) is 0 Å². The van der Waals surface area contributed by atoms with E-state index in [0.717, 1.165) is 56.2 Å². The molecule has 0 bridgehead atoms. The van der Waals surface area contributed by atoms with E-state index in [1.165, 1.54) is 11.1 Å². The number of hydrogen-bond donors (Lipinski definition) is 1. The molecule has 6 heteroatoms. The molecule has 6 nitrogen and oxygen atoms in total. The Bertz CT molecular complexity index is 844. The standard InChI is InChI=1S/C22H28N4O2/c1-16(2)24-22(27)15-25-6-8-26(9-7-25)20-12-19(13-23-14-20)17-3-4-21-18(11-17)5-10-28-21/h3-4,11-14,16H,5-10,15H2,1-2H3,(H,24,27). The molecule has 0 atom stereocenters. The van der Waals surface area contributed by atoms with Crippen LogP contribution in [-0.2, 0) is 11.2 Å². The number of nitrogens with zero attached hydrogens (tertiary/aromatic N) is 3. The third-order valence-electron chi connectivity index (χ3n) is 5.30. The van der Waals surface area contributed by atoms with Crippen molar-refractivity contribution in [1.82, 2.24) is 15.2 Å². The zero-order chi connectivity index (χ0) is 19.5. The molecule has 0 radical (unpaired) electrons. The molecule has 1 N–H and O–H groups in total. The number of carbonyl (C=O) groups is 1. The third kappa shape index (κ3) is 4.28. The van der Waals surface area contributed by atoms with Gasteiger partial charge in [-0.05, 0) is 43.2 Å². The van der Waals surface area contributed by atoms with Crippen LogP contribution in [0.2, 0.25) is 0 Å². The average molecular weight is 380 g/mol. The highest BCUT2D eigenvalue weighted by Crippen LogP contribution is 2.31. The lowest BCUT2D eigenvalue weighted by Gasteiger charge is -2.35. The van der Waals surface area contributed by atoms with Crippen LogP contribution in [0.1, 0.15) is 19.4 Å². The predicted molar refractivity (Wildman–Crippen MR) is 111 cm³/mol. The molecule has 0 saturated carbocycles. The Kier molecular flexibility index (Phi) is 5.48. The molecule has 0 unspecified atom stereocenters. The summed E-state index contributed by atoms with van der Waals surface area (Å²) in [6.45, 7) is 8.79. The highest BCUT2D eigenvalue weighted by molar-refractivity contribution is 5.78. The second-order valence-corrected chi connectivity index (χ2v) is 7.84. The Labute approximate surface area is 166 Å². The van der Waals surface area contributed by atoms with E-state index in [-0.39, 0.29) is 11.9 Å². The second-order valence-electron chi connectivity index (χ2n) is 7.84. The van der Waals surface area contributed by atoms with Crippen LogP contribution in [0, 0.1) is 0 Å². The first kappa shape index (κ1) is 18.7. The molecule has 0 aliphatic carbocycles. The summed E-state index contributed by atoms with van der Waals surface area (Å²) in [5, 5.41) is 2.96. The molecule has 28 heavy (non-hydrogen) atoms. The van der Waals surface area contributed by atoms with Gasteiger partial charge in [0.05, 0.1) is 25.0 Å². The van der Waals surface area contributed by atoms with E-state index >= 15 is 0 Å². The van der Waals surface area contributed by atoms with Gasteiger partial charge in [-0.25, -0.2) is 0 Å². The topological polar surface area (TPSA) is 57.7 Å². The van der Waals surface area contributed by atoms with E-state index in [2.05, 4.69) is 44.4 Å². The Balaban J connectivity index is 1.40. The SMILES string of the molecule is CC(C)NC(=O)CN1CCN(c2cncc(-c3ccc4c(c3)CCO4)c2)CC1. The minimum Gasteiger partial charge on any atom is -0.493 e. The van der Waals surface area contributed by atoms with Crippen LogP contribution >= 0.6 is 0 Å². The number of rotatable bonds is 5. The zero-order valence-corrected chi connectivity index (χ0v) is 16.6. The number of hydrogen-bond acceptors (Lipinski definition) is 5. The van der Waals surface area contributed by atoms with Crippen molar-refractivity contribution in [1.29, 1.82) is 0 Å². The zero-order valence-electron chi connectivity index (χ0n) is 16.6. The predicted octanol–water partition coefficient (Wildman–Crippen LogP) is 2.33. The van der Waals surface area contributed by atoms with E-state index in [1.807, 2.05) is 26.2 Å². The van der Waals surface area contributed by atoms with Gasteiger partial charge >= 0.3 is 0 Å². The molecular formula is C22H28N4O2. The van der Waals surface area contributed by atoms with Crippen molar-refractivity contribution in [3.63, 3.8) is 0 Å². The van der Waals surface area contributed by atoms with Crippen LogP contribution in [0.3, 0.4) is 0 Å². The summed E-state index contributed by atoms with van der Waals surface area (Å²) in [4.78, 5) is 21.0. The molecule has 2 aromatic rings. The highest BCUT2D eigenvalue weighted by atomic mass is 16.5. The van der Waals surface area contributed by atoms with Crippen molar-refractivity contribution in [3.05, 3.63) is 42.2 Å². The first-order valence-electron chi connectivity index (χ1n) is 10.1. The van der Waals surface area contributed by atoms with Gasteiger partial charge in [0.1, 0.15) is 5.75 Å².